The van der Waals surface area contributed by atoms with Crippen LogP contribution in [0, 0.1) is 0 Å². The molecule has 0 aromatic heterocycles. The molecule has 1 fully saturated rings. The third-order valence-electron chi connectivity index (χ3n) is 5.46. The second-order valence-corrected chi connectivity index (χ2v) is 7.52. The summed E-state index contributed by atoms with van der Waals surface area (Å²) < 4.78 is 11.2. The topological polar surface area (TPSA) is 21.7 Å². The summed E-state index contributed by atoms with van der Waals surface area (Å²) in [7, 11) is 1.75. The van der Waals surface area contributed by atoms with E-state index in [0.29, 0.717) is 12.1 Å². The first-order chi connectivity index (χ1) is 13.3. The first-order valence-corrected chi connectivity index (χ1v) is 10.3. The Morgan fingerprint density at radius 2 is 1.33 bits per heavy atom. The Morgan fingerprint density at radius 3 is 1.85 bits per heavy atom. The first kappa shape index (κ1) is 20.1. The smallest absolute Gasteiger partial charge is 0.0576 e. The van der Waals surface area contributed by atoms with Gasteiger partial charge in [0.25, 0.3) is 0 Å². The normalized spacial score (nSPS) is 20.1. The fourth-order valence-electron chi connectivity index (χ4n) is 3.98. The molecule has 0 bridgehead atoms. The Morgan fingerprint density at radius 1 is 0.778 bits per heavy atom. The predicted molar refractivity (Wildman–Crippen MR) is 111 cm³/mol. The molecule has 0 radical (unpaired) electrons. The van der Waals surface area contributed by atoms with Crippen molar-refractivity contribution in [2.24, 2.45) is 0 Å². The van der Waals surface area contributed by atoms with E-state index in [1.165, 1.54) is 24.0 Å². The van der Waals surface area contributed by atoms with Crippen molar-refractivity contribution in [2.75, 3.05) is 20.3 Å². The van der Waals surface area contributed by atoms with Gasteiger partial charge >= 0.3 is 0 Å². The lowest BCUT2D eigenvalue weighted by Crippen LogP contribution is -2.38. The number of methoxy groups -OCH3 is 1. The van der Waals surface area contributed by atoms with Crippen LogP contribution in [0.3, 0.4) is 0 Å². The van der Waals surface area contributed by atoms with E-state index >= 15 is 0 Å². The van der Waals surface area contributed by atoms with E-state index in [1.54, 1.807) is 7.11 Å². The minimum Gasteiger partial charge on any atom is -0.385 e. The van der Waals surface area contributed by atoms with Gasteiger partial charge in [0.15, 0.2) is 0 Å². The Balaban J connectivity index is 1.56. The van der Waals surface area contributed by atoms with Crippen molar-refractivity contribution < 1.29 is 9.47 Å². The molecule has 0 unspecified atom stereocenters. The Kier molecular flexibility index (Phi) is 8.34. The SMILES string of the molecule is COCCCOC1CCC(N(Cc2ccccc2)Cc2ccccc2)CC1. The number of hydrogen-bond donors (Lipinski definition) is 0. The van der Waals surface area contributed by atoms with Crippen LogP contribution in [-0.2, 0) is 22.6 Å². The molecule has 0 heterocycles. The second kappa shape index (κ2) is 11.2. The summed E-state index contributed by atoms with van der Waals surface area (Å²) >= 11 is 0. The van der Waals surface area contributed by atoms with Crippen LogP contribution >= 0.6 is 0 Å². The van der Waals surface area contributed by atoms with Crippen molar-refractivity contribution in [1.29, 1.82) is 0 Å². The summed E-state index contributed by atoms with van der Waals surface area (Å²) in [5.74, 6) is 0. The van der Waals surface area contributed by atoms with Crippen LogP contribution in [0.25, 0.3) is 0 Å². The number of nitrogens with zero attached hydrogens (tertiary/aromatic N) is 1. The summed E-state index contributed by atoms with van der Waals surface area (Å²) in [6.45, 7) is 3.64. The molecule has 3 heteroatoms. The number of hydrogen-bond acceptors (Lipinski definition) is 3. The molecule has 2 aromatic rings. The number of benzene rings is 2. The van der Waals surface area contributed by atoms with E-state index in [9.17, 15) is 0 Å². The molecule has 146 valence electrons. The highest BCUT2D eigenvalue weighted by atomic mass is 16.5. The molecule has 0 atom stereocenters. The minimum absolute atomic E-state index is 0.424. The van der Waals surface area contributed by atoms with E-state index in [-0.39, 0.29) is 0 Å². The molecule has 1 saturated carbocycles. The Labute approximate surface area is 164 Å². The largest absolute Gasteiger partial charge is 0.385 e. The second-order valence-electron chi connectivity index (χ2n) is 7.52. The lowest BCUT2D eigenvalue weighted by Gasteiger charge is -2.37. The molecular formula is C24H33NO2. The van der Waals surface area contributed by atoms with Crippen molar-refractivity contribution in [2.45, 2.75) is 57.3 Å². The molecule has 1 aliphatic rings. The van der Waals surface area contributed by atoms with Gasteiger partial charge in [-0.05, 0) is 43.2 Å². The van der Waals surface area contributed by atoms with E-state index in [0.717, 1.165) is 45.6 Å². The lowest BCUT2D eigenvalue weighted by atomic mass is 9.91. The van der Waals surface area contributed by atoms with Crippen LogP contribution in [0.4, 0.5) is 0 Å². The van der Waals surface area contributed by atoms with Crippen LogP contribution in [-0.4, -0.2) is 37.4 Å². The molecule has 0 amide bonds. The summed E-state index contributed by atoms with van der Waals surface area (Å²) in [6.07, 6.45) is 6.18. The van der Waals surface area contributed by atoms with Crippen molar-refractivity contribution in [3.05, 3.63) is 71.8 Å². The number of rotatable bonds is 10. The minimum atomic E-state index is 0.424. The van der Waals surface area contributed by atoms with Gasteiger partial charge < -0.3 is 9.47 Å². The van der Waals surface area contributed by atoms with Crippen molar-refractivity contribution in [3.63, 3.8) is 0 Å². The zero-order valence-electron chi connectivity index (χ0n) is 16.6. The third-order valence-corrected chi connectivity index (χ3v) is 5.46. The highest BCUT2D eigenvalue weighted by Crippen LogP contribution is 2.27. The third kappa shape index (κ3) is 6.76. The van der Waals surface area contributed by atoms with Crippen molar-refractivity contribution in [1.82, 2.24) is 4.90 Å². The molecule has 0 spiro atoms. The van der Waals surface area contributed by atoms with Crippen LogP contribution < -0.4 is 0 Å². The molecule has 0 saturated heterocycles. The van der Waals surface area contributed by atoms with Gasteiger partial charge in [-0.3, -0.25) is 4.90 Å². The molecule has 27 heavy (non-hydrogen) atoms. The Hall–Kier alpha value is -1.68. The zero-order valence-corrected chi connectivity index (χ0v) is 16.6. The lowest BCUT2D eigenvalue weighted by molar-refractivity contribution is -0.00238. The van der Waals surface area contributed by atoms with Gasteiger partial charge in [0.05, 0.1) is 6.10 Å². The fourth-order valence-corrected chi connectivity index (χ4v) is 3.98. The summed E-state index contributed by atoms with van der Waals surface area (Å²) in [5.41, 5.74) is 2.79. The van der Waals surface area contributed by atoms with E-state index in [2.05, 4.69) is 65.6 Å². The highest BCUT2D eigenvalue weighted by molar-refractivity contribution is 5.17. The van der Waals surface area contributed by atoms with Gasteiger partial charge in [-0.1, -0.05) is 60.7 Å². The standard InChI is InChI=1S/C24H33NO2/c1-26-17-8-18-27-24-15-13-23(14-16-24)25(19-21-9-4-2-5-10-21)20-22-11-6-3-7-12-22/h2-7,9-12,23-24H,8,13-20H2,1H3. The van der Waals surface area contributed by atoms with E-state index in [1.807, 2.05) is 0 Å². The quantitative estimate of drug-likeness (QED) is 0.548. The molecule has 1 aliphatic carbocycles. The molecule has 2 aromatic carbocycles. The fraction of sp³-hybridized carbons (Fsp3) is 0.500. The molecule has 3 nitrogen and oxygen atoms in total. The maximum atomic E-state index is 6.05. The van der Waals surface area contributed by atoms with Gasteiger partial charge in [0, 0.05) is 39.5 Å². The van der Waals surface area contributed by atoms with Crippen LogP contribution in [0.15, 0.2) is 60.7 Å². The first-order valence-electron chi connectivity index (χ1n) is 10.3. The maximum absolute atomic E-state index is 6.05. The zero-order chi connectivity index (χ0) is 18.7. The average molecular weight is 368 g/mol. The van der Waals surface area contributed by atoms with Gasteiger partial charge in [-0.15, -0.1) is 0 Å². The van der Waals surface area contributed by atoms with Gasteiger partial charge in [-0.25, -0.2) is 0 Å². The molecule has 0 aliphatic heterocycles. The molecular weight excluding hydrogens is 334 g/mol. The van der Waals surface area contributed by atoms with Crippen molar-refractivity contribution >= 4 is 0 Å². The summed E-state index contributed by atoms with van der Waals surface area (Å²) in [4.78, 5) is 2.66. The van der Waals surface area contributed by atoms with Crippen LogP contribution in [0.5, 0.6) is 0 Å². The summed E-state index contributed by atoms with van der Waals surface area (Å²) in [5, 5.41) is 0. The van der Waals surface area contributed by atoms with Crippen LogP contribution in [0.1, 0.15) is 43.2 Å². The number of ether oxygens (including phenoxy) is 2. The molecule has 0 N–H and O–H groups in total. The summed E-state index contributed by atoms with van der Waals surface area (Å²) in [6, 6.07) is 22.3. The van der Waals surface area contributed by atoms with Gasteiger partial charge in [-0.2, -0.15) is 0 Å². The van der Waals surface area contributed by atoms with Gasteiger partial charge in [0.2, 0.25) is 0 Å². The monoisotopic (exact) mass is 367 g/mol. The van der Waals surface area contributed by atoms with Gasteiger partial charge in [0.1, 0.15) is 0 Å². The average Bonchev–Trinajstić information content (AvgIpc) is 2.73. The molecule has 3 rings (SSSR count). The predicted octanol–water partition coefficient (Wildman–Crippen LogP) is 5.05. The maximum Gasteiger partial charge on any atom is 0.0576 e. The van der Waals surface area contributed by atoms with Crippen LogP contribution in [0.2, 0.25) is 0 Å². The van der Waals surface area contributed by atoms with Crippen molar-refractivity contribution in [3.8, 4) is 0 Å². The van der Waals surface area contributed by atoms with E-state index < -0.39 is 0 Å². The van der Waals surface area contributed by atoms with E-state index in [4.69, 9.17) is 9.47 Å². The highest BCUT2D eigenvalue weighted by Gasteiger charge is 2.26. The Bertz CT molecular complexity index is 582.